The predicted octanol–water partition coefficient (Wildman–Crippen LogP) is 1.76. The molecule has 0 aliphatic carbocycles. The van der Waals surface area contributed by atoms with Gasteiger partial charge < -0.3 is 25.3 Å². The van der Waals surface area contributed by atoms with Crippen LogP contribution in [0, 0.1) is 0 Å². The van der Waals surface area contributed by atoms with Gasteiger partial charge in [0.25, 0.3) is 0 Å². The normalized spacial score (nSPS) is 22.3. The third kappa shape index (κ3) is 4.29. The average molecular weight is 408 g/mol. The van der Waals surface area contributed by atoms with Gasteiger partial charge in [0.15, 0.2) is 11.5 Å². The monoisotopic (exact) mass is 406 g/mol. The Labute approximate surface area is 149 Å². The lowest BCUT2D eigenvalue weighted by molar-refractivity contribution is -0.132. The first-order valence-corrected chi connectivity index (χ1v) is 8.18. The number of rotatable bonds is 4. The molecule has 8 heteroatoms. The molecule has 0 radical (unpaired) electrons. The topological polar surface area (TPSA) is 82.8 Å². The van der Waals surface area contributed by atoms with Crippen molar-refractivity contribution in [3.8, 4) is 11.5 Å². The molecule has 0 bridgehead atoms. The van der Waals surface area contributed by atoms with Crippen LogP contribution < -0.4 is 20.5 Å². The number of carbonyl (C=O) groups is 1. The van der Waals surface area contributed by atoms with Gasteiger partial charge in [-0.05, 0) is 46.5 Å². The summed E-state index contributed by atoms with van der Waals surface area (Å²) >= 11 is 3.47. The van der Waals surface area contributed by atoms with Crippen molar-refractivity contribution in [1.29, 1.82) is 0 Å². The number of benzene rings is 1. The zero-order chi connectivity index (χ0) is 15.5. The minimum Gasteiger partial charge on any atom is -0.486 e. The Hall–Kier alpha value is -1.02. The highest BCUT2D eigenvalue weighted by molar-refractivity contribution is 9.10. The van der Waals surface area contributed by atoms with Crippen LogP contribution in [0.1, 0.15) is 18.4 Å². The second kappa shape index (κ2) is 8.19. The maximum atomic E-state index is 12.1. The molecule has 3 N–H and O–H groups in total. The lowest BCUT2D eigenvalue weighted by Crippen LogP contribution is -2.35. The van der Waals surface area contributed by atoms with Gasteiger partial charge in [-0.25, -0.2) is 0 Å². The maximum Gasteiger partial charge on any atom is 0.249 e. The van der Waals surface area contributed by atoms with Gasteiger partial charge in [0.1, 0.15) is 19.3 Å². The van der Waals surface area contributed by atoms with E-state index in [1.165, 1.54) is 0 Å². The Balaban J connectivity index is 0.00000192. The summed E-state index contributed by atoms with van der Waals surface area (Å²) in [5.74, 6) is 1.32. The van der Waals surface area contributed by atoms with Crippen molar-refractivity contribution in [2.45, 2.75) is 31.6 Å². The number of ether oxygens (including phenoxy) is 3. The standard InChI is InChI=1S/C15H19BrN2O4.ClH/c16-11-5-9(6-13-14(11)21-4-3-20-13)8-18-15(19)12-2-1-10(7-17)22-12;/h5-6,10,12H,1-4,7-8,17H2,(H,18,19);1H/t10-,12+;/m1./s1. The molecule has 0 aromatic heterocycles. The molecule has 2 atom stereocenters. The van der Waals surface area contributed by atoms with Crippen molar-refractivity contribution in [2.75, 3.05) is 19.8 Å². The Kier molecular flexibility index (Phi) is 6.52. The third-order valence-electron chi connectivity index (χ3n) is 3.79. The Morgan fingerprint density at radius 3 is 2.83 bits per heavy atom. The second-order valence-electron chi connectivity index (χ2n) is 5.38. The quantitative estimate of drug-likeness (QED) is 0.795. The summed E-state index contributed by atoms with van der Waals surface area (Å²) in [5, 5.41) is 2.90. The van der Waals surface area contributed by atoms with E-state index in [-0.39, 0.29) is 24.4 Å². The van der Waals surface area contributed by atoms with Crippen LogP contribution in [-0.2, 0) is 16.1 Å². The number of carbonyl (C=O) groups excluding carboxylic acids is 1. The van der Waals surface area contributed by atoms with Gasteiger partial charge in [-0.2, -0.15) is 0 Å². The molecule has 2 aliphatic rings. The molecule has 0 saturated carbocycles. The van der Waals surface area contributed by atoms with Crippen LogP contribution in [0.3, 0.4) is 0 Å². The van der Waals surface area contributed by atoms with E-state index in [1.54, 1.807) is 0 Å². The third-order valence-corrected chi connectivity index (χ3v) is 4.38. The van der Waals surface area contributed by atoms with Crippen LogP contribution >= 0.6 is 28.3 Å². The number of nitrogens with two attached hydrogens (primary N) is 1. The van der Waals surface area contributed by atoms with Gasteiger partial charge in [0, 0.05) is 13.1 Å². The molecule has 1 aromatic carbocycles. The summed E-state index contributed by atoms with van der Waals surface area (Å²) in [5.41, 5.74) is 6.50. The first kappa shape index (κ1) is 18.3. The van der Waals surface area contributed by atoms with Gasteiger partial charge in [0.2, 0.25) is 5.91 Å². The predicted molar refractivity (Wildman–Crippen MR) is 91.2 cm³/mol. The van der Waals surface area contributed by atoms with Gasteiger partial charge in [0.05, 0.1) is 10.6 Å². The van der Waals surface area contributed by atoms with Crippen molar-refractivity contribution in [3.63, 3.8) is 0 Å². The van der Waals surface area contributed by atoms with Crippen LogP contribution in [-0.4, -0.2) is 37.9 Å². The highest BCUT2D eigenvalue weighted by Crippen LogP contribution is 2.38. The minimum atomic E-state index is -0.394. The fraction of sp³-hybridized carbons (Fsp3) is 0.533. The van der Waals surface area contributed by atoms with Crippen LogP contribution in [0.2, 0.25) is 0 Å². The van der Waals surface area contributed by atoms with Gasteiger partial charge in [-0.15, -0.1) is 12.4 Å². The van der Waals surface area contributed by atoms with Crippen molar-refractivity contribution < 1.29 is 19.0 Å². The first-order valence-electron chi connectivity index (χ1n) is 7.38. The van der Waals surface area contributed by atoms with E-state index in [2.05, 4.69) is 21.2 Å². The van der Waals surface area contributed by atoms with Crippen molar-refractivity contribution >= 4 is 34.2 Å². The lowest BCUT2D eigenvalue weighted by atomic mass is 10.1. The summed E-state index contributed by atoms with van der Waals surface area (Å²) in [6, 6.07) is 3.81. The average Bonchev–Trinajstić information content (AvgIpc) is 3.02. The summed E-state index contributed by atoms with van der Waals surface area (Å²) in [6.45, 7) is 1.95. The number of amides is 1. The summed E-state index contributed by atoms with van der Waals surface area (Å²) < 4.78 is 17.5. The highest BCUT2D eigenvalue weighted by Gasteiger charge is 2.29. The molecule has 6 nitrogen and oxygen atoms in total. The van der Waals surface area contributed by atoms with Crippen molar-refractivity contribution in [1.82, 2.24) is 5.32 Å². The van der Waals surface area contributed by atoms with Crippen molar-refractivity contribution in [3.05, 3.63) is 22.2 Å². The highest BCUT2D eigenvalue weighted by atomic mass is 79.9. The molecule has 2 heterocycles. The van der Waals surface area contributed by atoms with Gasteiger partial charge in [-0.1, -0.05) is 0 Å². The molecule has 23 heavy (non-hydrogen) atoms. The van der Waals surface area contributed by atoms with E-state index in [4.69, 9.17) is 19.9 Å². The molecular weight excluding hydrogens is 388 g/mol. The fourth-order valence-corrected chi connectivity index (χ4v) is 3.25. The molecule has 1 fully saturated rings. The first-order chi connectivity index (χ1) is 10.7. The van der Waals surface area contributed by atoms with Crippen LogP contribution in [0.5, 0.6) is 11.5 Å². The zero-order valence-corrected chi connectivity index (χ0v) is 15.0. The Morgan fingerprint density at radius 1 is 1.30 bits per heavy atom. The summed E-state index contributed by atoms with van der Waals surface area (Å²) in [7, 11) is 0. The van der Waals surface area contributed by atoms with Crippen LogP contribution in [0.4, 0.5) is 0 Å². The molecule has 128 valence electrons. The summed E-state index contributed by atoms with van der Waals surface area (Å²) in [6.07, 6.45) is 1.16. The largest absolute Gasteiger partial charge is 0.486 e. The van der Waals surface area contributed by atoms with Gasteiger partial charge in [-0.3, -0.25) is 4.79 Å². The molecular formula is C15H20BrClN2O4. The number of hydrogen-bond acceptors (Lipinski definition) is 5. The minimum absolute atomic E-state index is 0. The number of halogens is 2. The zero-order valence-electron chi connectivity index (χ0n) is 12.5. The van der Waals surface area contributed by atoms with E-state index >= 15 is 0 Å². The van der Waals surface area contributed by atoms with E-state index in [9.17, 15) is 4.79 Å². The number of hydrogen-bond donors (Lipinski definition) is 2. The maximum absolute atomic E-state index is 12.1. The van der Waals surface area contributed by atoms with Gasteiger partial charge >= 0.3 is 0 Å². The fourth-order valence-electron chi connectivity index (χ4n) is 2.64. The van der Waals surface area contributed by atoms with Crippen molar-refractivity contribution in [2.24, 2.45) is 5.73 Å². The Bertz CT molecular complexity index is 573. The summed E-state index contributed by atoms with van der Waals surface area (Å²) in [4.78, 5) is 12.1. The van der Waals surface area contributed by atoms with E-state index in [0.717, 1.165) is 22.9 Å². The molecule has 1 amide bonds. The van der Waals surface area contributed by atoms with E-state index in [1.807, 2.05) is 12.1 Å². The Morgan fingerprint density at radius 2 is 2.09 bits per heavy atom. The van der Waals surface area contributed by atoms with E-state index < -0.39 is 6.10 Å². The molecule has 0 spiro atoms. The molecule has 0 unspecified atom stereocenters. The number of fused-ring (bicyclic) bond motifs is 1. The second-order valence-corrected chi connectivity index (χ2v) is 6.23. The number of nitrogens with one attached hydrogen (secondary N) is 1. The smallest absolute Gasteiger partial charge is 0.249 e. The molecule has 1 aromatic rings. The van der Waals surface area contributed by atoms with Crippen LogP contribution in [0.25, 0.3) is 0 Å². The van der Waals surface area contributed by atoms with Crippen LogP contribution in [0.15, 0.2) is 16.6 Å². The lowest BCUT2D eigenvalue weighted by Gasteiger charge is -2.20. The molecule has 1 saturated heterocycles. The van der Waals surface area contributed by atoms with E-state index in [0.29, 0.717) is 37.8 Å². The molecule has 3 rings (SSSR count). The molecule has 2 aliphatic heterocycles. The SMILES string of the molecule is Cl.NC[C@H]1CC[C@@H](C(=O)NCc2cc(Br)c3c(c2)OCCO3)O1.